The maximum Gasteiger partial charge on any atom is 0.416 e. The Morgan fingerprint density at radius 2 is 1.92 bits per heavy atom. The molecule has 0 heterocycles. The average Bonchev–Trinajstić information content (AvgIpc) is 2.03. The standard InChI is InChI=1S/C7H5F3N2/c8-7(9,10)5-2-1-3-6(4-5)12-11/h1-4,11H. The highest BCUT2D eigenvalue weighted by Gasteiger charge is 2.30. The van der Waals surface area contributed by atoms with Crippen molar-refractivity contribution in [1.29, 1.82) is 5.53 Å². The van der Waals surface area contributed by atoms with Gasteiger partial charge in [0.1, 0.15) is 0 Å². The average molecular weight is 174 g/mol. The van der Waals surface area contributed by atoms with E-state index in [0.29, 0.717) is 0 Å². The van der Waals surface area contributed by atoms with Gasteiger partial charge in [-0.2, -0.15) is 18.3 Å². The summed E-state index contributed by atoms with van der Waals surface area (Å²) in [5, 5.41) is 2.89. The van der Waals surface area contributed by atoms with Crippen LogP contribution in [-0.2, 0) is 6.18 Å². The molecule has 12 heavy (non-hydrogen) atoms. The van der Waals surface area contributed by atoms with Gasteiger partial charge in [0.2, 0.25) is 0 Å². The van der Waals surface area contributed by atoms with Crippen LogP contribution in [0, 0.1) is 5.53 Å². The lowest BCUT2D eigenvalue weighted by Gasteiger charge is -2.05. The summed E-state index contributed by atoms with van der Waals surface area (Å²) in [5.74, 6) is 0. The second-order valence-electron chi connectivity index (χ2n) is 2.16. The Kier molecular flexibility index (Phi) is 2.12. The van der Waals surface area contributed by atoms with Crippen LogP contribution in [0.1, 0.15) is 5.56 Å². The molecule has 0 atom stereocenters. The molecule has 0 bridgehead atoms. The van der Waals surface area contributed by atoms with Crippen LogP contribution in [0.15, 0.2) is 29.4 Å². The molecule has 1 N–H and O–H groups in total. The predicted octanol–water partition coefficient (Wildman–Crippen LogP) is 3.37. The predicted molar refractivity (Wildman–Crippen MR) is 36.3 cm³/mol. The summed E-state index contributed by atoms with van der Waals surface area (Å²) in [7, 11) is 0. The molecule has 0 unspecified atom stereocenters. The minimum absolute atomic E-state index is 0.00447. The summed E-state index contributed by atoms with van der Waals surface area (Å²) in [6.07, 6.45) is -4.36. The van der Waals surface area contributed by atoms with Crippen LogP contribution in [0.2, 0.25) is 0 Å². The first kappa shape index (κ1) is 8.70. The molecule has 0 aromatic heterocycles. The van der Waals surface area contributed by atoms with Gasteiger partial charge in [-0.25, -0.2) is 5.53 Å². The van der Waals surface area contributed by atoms with Crippen molar-refractivity contribution in [2.45, 2.75) is 6.18 Å². The van der Waals surface area contributed by atoms with Gasteiger partial charge in [-0.15, -0.1) is 0 Å². The zero-order chi connectivity index (χ0) is 9.19. The largest absolute Gasteiger partial charge is 0.416 e. The van der Waals surface area contributed by atoms with Crippen LogP contribution < -0.4 is 0 Å². The van der Waals surface area contributed by atoms with Gasteiger partial charge in [0.05, 0.1) is 11.3 Å². The van der Waals surface area contributed by atoms with E-state index < -0.39 is 11.7 Å². The number of nitrogens with one attached hydrogen (secondary N) is 1. The number of rotatable bonds is 1. The number of hydrogen-bond acceptors (Lipinski definition) is 2. The van der Waals surface area contributed by atoms with Crippen molar-refractivity contribution in [3.8, 4) is 0 Å². The highest BCUT2D eigenvalue weighted by Crippen LogP contribution is 2.31. The van der Waals surface area contributed by atoms with Gasteiger partial charge < -0.3 is 0 Å². The number of halogens is 3. The van der Waals surface area contributed by atoms with E-state index >= 15 is 0 Å². The van der Waals surface area contributed by atoms with Crippen molar-refractivity contribution >= 4 is 5.69 Å². The van der Waals surface area contributed by atoms with E-state index in [1.807, 2.05) is 0 Å². The van der Waals surface area contributed by atoms with E-state index in [9.17, 15) is 13.2 Å². The first-order valence-corrected chi connectivity index (χ1v) is 3.09. The van der Waals surface area contributed by atoms with Crippen molar-refractivity contribution < 1.29 is 13.2 Å². The zero-order valence-corrected chi connectivity index (χ0v) is 5.89. The maximum absolute atomic E-state index is 12.0. The third-order valence-corrected chi connectivity index (χ3v) is 1.30. The summed E-state index contributed by atoms with van der Waals surface area (Å²) < 4.78 is 36.0. The van der Waals surface area contributed by atoms with Crippen LogP contribution >= 0.6 is 0 Å². The summed E-state index contributed by atoms with van der Waals surface area (Å²) >= 11 is 0. The van der Waals surface area contributed by atoms with E-state index in [2.05, 4.69) is 5.11 Å². The summed E-state index contributed by atoms with van der Waals surface area (Å²) in [5.41, 5.74) is 5.73. The number of hydrogen-bond donors (Lipinski definition) is 1. The molecule has 0 saturated heterocycles. The fourth-order valence-electron chi connectivity index (χ4n) is 0.752. The third kappa shape index (κ3) is 1.81. The quantitative estimate of drug-likeness (QED) is 0.633. The minimum atomic E-state index is -4.36. The van der Waals surface area contributed by atoms with Gasteiger partial charge in [0.15, 0.2) is 0 Å². The second-order valence-corrected chi connectivity index (χ2v) is 2.16. The van der Waals surface area contributed by atoms with Gasteiger partial charge >= 0.3 is 6.18 Å². The lowest BCUT2D eigenvalue weighted by Crippen LogP contribution is -2.03. The molecule has 1 rings (SSSR count). The molecule has 0 fully saturated rings. The Morgan fingerprint density at radius 1 is 1.25 bits per heavy atom. The van der Waals surface area contributed by atoms with Gasteiger partial charge in [-0.1, -0.05) is 6.07 Å². The van der Waals surface area contributed by atoms with Crippen LogP contribution in [0.4, 0.5) is 18.9 Å². The van der Waals surface area contributed by atoms with Crippen molar-refractivity contribution in [3.63, 3.8) is 0 Å². The maximum atomic E-state index is 12.0. The molecule has 0 spiro atoms. The molecule has 1 aromatic rings. The Labute approximate surface area is 66.5 Å². The smallest absolute Gasteiger partial charge is 0.204 e. The molecule has 0 saturated carbocycles. The molecule has 0 amide bonds. The first-order chi connectivity index (χ1) is 5.54. The van der Waals surface area contributed by atoms with E-state index in [-0.39, 0.29) is 5.69 Å². The second kappa shape index (κ2) is 2.92. The topological polar surface area (TPSA) is 36.2 Å². The van der Waals surface area contributed by atoms with E-state index in [1.54, 1.807) is 0 Å². The summed E-state index contributed by atoms with van der Waals surface area (Å²) in [6, 6.07) is 4.32. The number of alkyl halides is 3. The molecule has 0 radical (unpaired) electrons. The fourth-order valence-corrected chi connectivity index (χ4v) is 0.752. The van der Waals surface area contributed by atoms with E-state index in [0.717, 1.165) is 12.1 Å². The molecule has 0 aliphatic carbocycles. The molecular weight excluding hydrogens is 169 g/mol. The number of benzene rings is 1. The van der Waals surface area contributed by atoms with Crippen molar-refractivity contribution in [2.75, 3.05) is 0 Å². The Morgan fingerprint density at radius 3 is 2.42 bits per heavy atom. The van der Waals surface area contributed by atoms with Crippen LogP contribution in [0.25, 0.3) is 0 Å². The molecule has 64 valence electrons. The highest BCUT2D eigenvalue weighted by atomic mass is 19.4. The van der Waals surface area contributed by atoms with E-state index in [4.69, 9.17) is 5.53 Å². The third-order valence-electron chi connectivity index (χ3n) is 1.30. The molecular formula is C7H5F3N2. The van der Waals surface area contributed by atoms with Crippen molar-refractivity contribution in [1.82, 2.24) is 0 Å². The summed E-state index contributed by atoms with van der Waals surface area (Å²) in [6.45, 7) is 0. The Balaban J connectivity index is 3.10. The monoisotopic (exact) mass is 174 g/mol. The summed E-state index contributed by atoms with van der Waals surface area (Å²) in [4.78, 5) is 0. The van der Waals surface area contributed by atoms with Gasteiger partial charge in [-0.05, 0) is 18.2 Å². The SMILES string of the molecule is N=Nc1cccc(C(F)(F)F)c1. The van der Waals surface area contributed by atoms with Gasteiger partial charge in [0, 0.05) is 0 Å². The molecule has 0 aliphatic rings. The number of nitrogens with zero attached hydrogens (tertiary/aromatic N) is 1. The van der Waals surface area contributed by atoms with Crippen LogP contribution in [0.3, 0.4) is 0 Å². The Hall–Kier alpha value is -1.39. The lowest BCUT2D eigenvalue weighted by molar-refractivity contribution is -0.137. The van der Waals surface area contributed by atoms with Gasteiger partial charge in [-0.3, -0.25) is 0 Å². The molecule has 2 nitrogen and oxygen atoms in total. The zero-order valence-electron chi connectivity index (χ0n) is 5.89. The van der Waals surface area contributed by atoms with E-state index in [1.165, 1.54) is 12.1 Å². The first-order valence-electron chi connectivity index (χ1n) is 3.09. The normalized spacial score (nSPS) is 11.2. The van der Waals surface area contributed by atoms with Crippen molar-refractivity contribution in [2.24, 2.45) is 5.11 Å². The lowest BCUT2D eigenvalue weighted by atomic mass is 10.2. The molecule has 0 aliphatic heterocycles. The van der Waals surface area contributed by atoms with Crippen LogP contribution in [-0.4, -0.2) is 0 Å². The van der Waals surface area contributed by atoms with Crippen molar-refractivity contribution in [3.05, 3.63) is 29.8 Å². The van der Waals surface area contributed by atoms with Gasteiger partial charge in [0.25, 0.3) is 0 Å². The fraction of sp³-hybridized carbons (Fsp3) is 0.143. The minimum Gasteiger partial charge on any atom is -0.204 e. The molecule has 1 aromatic carbocycles. The molecule has 5 heteroatoms. The Bertz CT molecular complexity index is 293. The van der Waals surface area contributed by atoms with Crippen LogP contribution in [0.5, 0.6) is 0 Å². The highest BCUT2D eigenvalue weighted by molar-refractivity contribution is 5.40.